The molecule has 0 bridgehead atoms. The lowest BCUT2D eigenvalue weighted by atomic mass is 9.97. The summed E-state index contributed by atoms with van der Waals surface area (Å²) >= 11 is 0. The third-order valence-electron chi connectivity index (χ3n) is 2.31. The van der Waals surface area contributed by atoms with Crippen LogP contribution in [0, 0.1) is 13.8 Å². The van der Waals surface area contributed by atoms with E-state index in [0.717, 1.165) is 16.7 Å². The molecule has 0 aromatic heterocycles. The number of methoxy groups -OCH3 is 1. The molecule has 0 aliphatic rings. The predicted molar refractivity (Wildman–Crippen MR) is 62.1 cm³/mol. The molecule has 0 spiro atoms. The zero-order chi connectivity index (χ0) is 10.7. The minimum Gasteiger partial charge on any atom is -0.468 e. The zero-order valence-corrected chi connectivity index (χ0v) is 9.93. The molecule has 2 N–H and O–H groups in total. The Morgan fingerprint density at radius 3 is 2.20 bits per heavy atom. The second-order valence-corrected chi connectivity index (χ2v) is 3.31. The fourth-order valence-corrected chi connectivity index (χ4v) is 1.56. The first-order valence-electron chi connectivity index (χ1n) is 4.47. The second-order valence-electron chi connectivity index (χ2n) is 3.31. The molecule has 0 aliphatic heterocycles. The van der Waals surface area contributed by atoms with Crippen LogP contribution in [0.4, 0.5) is 0 Å². The van der Waals surface area contributed by atoms with Crippen molar-refractivity contribution >= 4 is 18.4 Å². The Kier molecular flexibility index (Phi) is 5.33. The van der Waals surface area contributed by atoms with Crippen molar-refractivity contribution < 1.29 is 9.53 Å². The summed E-state index contributed by atoms with van der Waals surface area (Å²) in [5, 5.41) is 0. The van der Waals surface area contributed by atoms with Crippen LogP contribution < -0.4 is 5.73 Å². The lowest BCUT2D eigenvalue weighted by molar-refractivity contribution is -0.142. The quantitative estimate of drug-likeness (QED) is 0.789. The number of aryl methyl sites for hydroxylation is 2. The fraction of sp³-hybridized carbons (Fsp3) is 0.364. The molecule has 1 unspecified atom stereocenters. The average molecular weight is 230 g/mol. The minimum atomic E-state index is -0.679. The van der Waals surface area contributed by atoms with Gasteiger partial charge in [-0.15, -0.1) is 12.4 Å². The van der Waals surface area contributed by atoms with Crippen molar-refractivity contribution in [2.45, 2.75) is 19.9 Å². The molecule has 1 aromatic carbocycles. The Bertz CT molecular complexity index is 332. The maximum Gasteiger partial charge on any atom is 0.327 e. The molecule has 0 aliphatic carbocycles. The lowest BCUT2D eigenvalue weighted by Gasteiger charge is -2.14. The van der Waals surface area contributed by atoms with Crippen molar-refractivity contribution in [1.29, 1.82) is 0 Å². The third-order valence-corrected chi connectivity index (χ3v) is 2.31. The number of benzene rings is 1. The van der Waals surface area contributed by atoms with Crippen LogP contribution in [0.1, 0.15) is 22.7 Å². The van der Waals surface area contributed by atoms with Crippen LogP contribution in [0.25, 0.3) is 0 Å². The molecule has 0 heterocycles. The topological polar surface area (TPSA) is 52.3 Å². The van der Waals surface area contributed by atoms with Gasteiger partial charge in [0, 0.05) is 0 Å². The van der Waals surface area contributed by atoms with E-state index in [2.05, 4.69) is 4.74 Å². The van der Waals surface area contributed by atoms with Gasteiger partial charge in [-0.3, -0.25) is 4.79 Å². The number of hydrogen-bond acceptors (Lipinski definition) is 3. The molecule has 0 fully saturated rings. The molecular weight excluding hydrogens is 214 g/mol. The summed E-state index contributed by atoms with van der Waals surface area (Å²) in [5.41, 5.74) is 8.67. The molecule has 1 atom stereocenters. The van der Waals surface area contributed by atoms with Gasteiger partial charge in [0.15, 0.2) is 0 Å². The molecule has 3 nitrogen and oxygen atoms in total. The average Bonchev–Trinajstić information content (AvgIpc) is 2.16. The van der Waals surface area contributed by atoms with Crippen LogP contribution in [-0.2, 0) is 9.53 Å². The smallest absolute Gasteiger partial charge is 0.327 e. The fourth-order valence-electron chi connectivity index (χ4n) is 1.56. The number of ether oxygens (including phenoxy) is 1. The van der Waals surface area contributed by atoms with Crippen molar-refractivity contribution in [1.82, 2.24) is 0 Å². The molecule has 0 amide bonds. The van der Waals surface area contributed by atoms with Gasteiger partial charge < -0.3 is 10.5 Å². The molecule has 0 saturated carbocycles. The van der Waals surface area contributed by atoms with E-state index in [4.69, 9.17) is 5.73 Å². The van der Waals surface area contributed by atoms with E-state index in [0.29, 0.717) is 0 Å². The third kappa shape index (κ3) is 2.94. The summed E-state index contributed by atoms with van der Waals surface area (Å²) in [6.45, 7) is 3.87. The Labute approximate surface area is 96.0 Å². The SMILES string of the molecule is COC(=O)C(N)c1c(C)cccc1C.Cl. The molecule has 84 valence electrons. The van der Waals surface area contributed by atoms with Crippen molar-refractivity contribution in [3.05, 3.63) is 34.9 Å². The zero-order valence-electron chi connectivity index (χ0n) is 9.11. The van der Waals surface area contributed by atoms with Gasteiger partial charge in [-0.2, -0.15) is 0 Å². The Balaban J connectivity index is 0.00000196. The Hall–Kier alpha value is -1.06. The first kappa shape index (κ1) is 13.9. The standard InChI is InChI=1S/C11H15NO2.ClH/c1-7-5-4-6-8(2)9(7)10(12)11(13)14-3;/h4-6,10H,12H2,1-3H3;1H. The molecule has 4 heteroatoms. The number of hydrogen-bond donors (Lipinski definition) is 1. The van der Waals surface area contributed by atoms with E-state index < -0.39 is 12.0 Å². The molecule has 0 saturated heterocycles. The summed E-state index contributed by atoms with van der Waals surface area (Å²) in [5.74, 6) is -0.401. The normalized spacial score (nSPS) is 11.5. The van der Waals surface area contributed by atoms with Gasteiger partial charge in [-0.25, -0.2) is 0 Å². The van der Waals surface area contributed by atoms with Gasteiger partial charge in [-0.1, -0.05) is 18.2 Å². The van der Waals surface area contributed by atoms with E-state index in [9.17, 15) is 4.79 Å². The van der Waals surface area contributed by atoms with Gasteiger partial charge >= 0.3 is 5.97 Å². The van der Waals surface area contributed by atoms with Gasteiger partial charge in [0.2, 0.25) is 0 Å². The molecule has 15 heavy (non-hydrogen) atoms. The van der Waals surface area contributed by atoms with E-state index in [1.807, 2.05) is 32.0 Å². The number of halogens is 1. The van der Waals surface area contributed by atoms with Crippen molar-refractivity contribution in [3.8, 4) is 0 Å². The molecule has 1 rings (SSSR count). The van der Waals surface area contributed by atoms with Gasteiger partial charge in [0.05, 0.1) is 7.11 Å². The lowest BCUT2D eigenvalue weighted by Crippen LogP contribution is -2.24. The van der Waals surface area contributed by atoms with Crippen molar-refractivity contribution in [3.63, 3.8) is 0 Å². The highest BCUT2D eigenvalue weighted by Gasteiger charge is 2.19. The Morgan fingerprint density at radius 1 is 1.33 bits per heavy atom. The second kappa shape index (κ2) is 5.73. The number of rotatable bonds is 2. The largest absolute Gasteiger partial charge is 0.468 e. The number of esters is 1. The van der Waals surface area contributed by atoms with Crippen LogP contribution in [0.3, 0.4) is 0 Å². The maximum absolute atomic E-state index is 11.3. The summed E-state index contributed by atoms with van der Waals surface area (Å²) in [6, 6.07) is 5.13. The van der Waals surface area contributed by atoms with E-state index in [1.165, 1.54) is 7.11 Å². The van der Waals surface area contributed by atoms with Gasteiger partial charge in [0.25, 0.3) is 0 Å². The van der Waals surface area contributed by atoms with Crippen molar-refractivity contribution in [2.75, 3.05) is 7.11 Å². The summed E-state index contributed by atoms with van der Waals surface area (Å²) < 4.78 is 4.61. The summed E-state index contributed by atoms with van der Waals surface area (Å²) in [6.07, 6.45) is 0. The summed E-state index contributed by atoms with van der Waals surface area (Å²) in [4.78, 5) is 11.3. The van der Waals surface area contributed by atoms with E-state index in [1.54, 1.807) is 0 Å². The molecular formula is C11H16ClNO2. The number of carbonyl (C=O) groups is 1. The first-order valence-corrected chi connectivity index (χ1v) is 4.47. The van der Waals surface area contributed by atoms with E-state index in [-0.39, 0.29) is 12.4 Å². The van der Waals surface area contributed by atoms with Crippen LogP contribution >= 0.6 is 12.4 Å². The summed E-state index contributed by atoms with van der Waals surface area (Å²) in [7, 11) is 1.34. The highest BCUT2D eigenvalue weighted by molar-refractivity contribution is 5.85. The molecule has 0 radical (unpaired) electrons. The highest BCUT2D eigenvalue weighted by Crippen LogP contribution is 2.20. The number of nitrogens with two attached hydrogens (primary N) is 1. The van der Waals surface area contributed by atoms with Crippen LogP contribution in [0.5, 0.6) is 0 Å². The number of carbonyl (C=O) groups excluding carboxylic acids is 1. The molecule has 1 aromatic rings. The van der Waals surface area contributed by atoms with Crippen LogP contribution in [0.15, 0.2) is 18.2 Å². The minimum absolute atomic E-state index is 0. The van der Waals surface area contributed by atoms with E-state index >= 15 is 0 Å². The Morgan fingerprint density at radius 2 is 1.80 bits per heavy atom. The highest BCUT2D eigenvalue weighted by atomic mass is 35.5. The first-order chi connectivity index (χ1) is 6.57. The van der Waals surface area contributed by atoms with Gasteiger partial charge in [0.1, 0.15) is 6.04 Å². The van der Waals surface area contributed by atoms with Crippen LogP contribution in [0.2, 0.25) is 0 Å². The predicted octanol–water partition coefficient (Wildman–Crippen LogP) is 1.90. The van der Waals surface area contributed by atoms with Crippen molar-refractivity contribution in [2.24, 2.45) is 5.73 Å². The monoisotopic (exact) mass is 229 g/mol. The maximum atomic E-state index is 11.3. The van der Waals surface area contributed by atoms with Gasteiger partial charge in [-0.05, 0) is 30.5 Å². The van der Waals surface area contributed by atoms with Crippen LogP contribution in [-0.4, -0.2) is 13.1 Å².